The van der Waals surface area contributed by atoms with Gasteiger partial charge in [-0.15, -0.1) is 11.3 Å². The van der Waals surface area contributed by atoms with E-state index in [9.17, 15) is 14.4 Å². The Bertz CT molecular complexity index is 1140. The van der Waals surface area contributed by atoms with Crippen molar-refractivity contribution in [2.45, 2.75) is 6.42 Å². The lowest BCUT2D eigenvalue weighted by atomic mass is 10.2. The van der Waals surface area contributed by atoms with Crippen LogP contribution in [0.15, 0.2) is 66.0 Å². The van der Waals surface area contributed by atoms with Crippen molar-refractivity contribution in [2.75, 3.05) is 23.4 Å². The quantitative estimate of drug-likeness (QED) is 0.481. The van der Waals surface area contributed by atoms with E-state index in [1.807, 2.05) is 11.4 Å². The monoisotopic (exact) mass is 467 g/mol. The molecule has 3 aromatic rings. The number of hydrogen-bond acceptors (Lipinski definition) is 6. The highest BCUT2D eigenvalue weighted by atomic mass is 35.5. The van der Waals surface area contributed by atoms with Gasteiger partial charge in [0, 0.05) is 22.9 Å². The fraction of sp³-hybridized carbons (Fsp3) is 0.130. The molecule has 2 aromatic carbocycles. The van der Waals surface area contributed by atoms with Crippen LogP contribution in [0.2, 0.25) is 5.02 Å². The van der Waals surface area contributed by atoms with E-state index in [2.05, 4.69) is 5.32 Å². The normalized spacial score (nSPS) is 10.1. The smallest absolute Gasteiger partial charge is 0.338 e. The second kappa shape index (κ2) is 11.1. The Morgan fingerprint density at radius 1 is 1.09 bits per heavy atom. The highest BCUT2D eigenvalue weighted by Crippen LogP contribution is 2.20. The molecule has 0 bridgehead atoms. The third-order valence-electron chi connectivity index (χ3n) is 4.32. The Hall–Kier alpha value is -3.67. The van der Waals surface area contributed by atoms with Gasteiger partial charge in [-0.25, -0.2) is 4.79 Å². The SMILES string of the molecule is N#CCCN(C(=O)COC(=O)c1ccc(NC(=O)c2cccs2)cc1)c1cccc(Cl)c1. The zero-order valence-electron chi connectivity index (χ0n) is 16.8. The fourth-order valence-electron chi connectivity index (χ4n) is 2.78. The molecule has 0 spiro atoms. The molecule has 0 aliphatic heterocycles. The summed E-state index contributed by atoms with van der Waals surface area (Å²) in [5.41, 5.74) is 1.28. The van der Waals surface area contributed by atoms with Gasteiger partial charge < -0.3 is 15.0 Å². The van der Waals surface area contributed by atoms with E-state index in [1.165, 1.54) is 28.4 Å². The summed E-state index contributed by atoms with van der Waals surface area (Å²) in [4.78, 5) is 39.0. The molecule has 0 saturated heterocycles. The van der Waals surface area contributed by atoms with Gasteiger partial charge in [-0.3, -0.25) is 9.59 Å². The van der Waals surface area contributed by atoms with E-state index in [0.29, 0.717) is 21.3 Å². The molecular formula is C23H18ClN3O4S. The molecule has 0 saturated carbocycles. The van der Waals surface area contributed by atoms with Gasteiger partial charge >= 0.3 is 5.97 Å². The number of esters is 1. The highest BCUT2D eigenvalue weighted by Gasteiger charge is 2.18. The molecule has 1 heterocycles. The first-order valence-corrected chi connectivity index (χ1v) is 10.8. The summed E-state index contributed by atoms with van der Waals surface area (Å²) in [6.45, 7) is -0.348. The number of anilines is 2. The first-order chi connectivity index (χ1) is 15.5. The number of nitrogens with zero attached hydrogens (tertiary/aromatic N) is 2. The van der Waals surface area contributed by atoms with Crippen LogP contribution in [0.5, 0.6) is 0 Å². The zero-order chi connectivity index (χ0) is 22.9. The number of nitriles is 1. The Morgan fingerprint density at radius 2 is 1.88 bits per heavy atom. The van der Waals surface area contributed by atoms with Gasteiger partial charge in [-0.05, 0) is 53.9 Å². The van der Waals surface area contributed by atoms with E-state index < -0.39 is 18.5 Å². The first kappa shape index (κ1) is 23.0. The predicted octanol–water partition coefficient (Wildman–Crippen LogP) is 4.76. The number of carbonyl (C=O) groups excluding carboxylic acids is 3. The third-order valence-corrected chi connectivity index (χ3v) is 5.42. The predicted molar refractivity (Wildman–Crippen MR) is 123 cm³/mol. The van der Waals surface area contributed by atoms with E-state index in [-0.39, 0.29) is 24.4 Å². The van der Waals surface area contributed by atoms with Crippen molar-refractivity contribution in [1.29, 1.82) is 5.26 Å². The van der Waals surface area contributed by atoms with Crippen LogP contribution in [0, 0.1) is 11.3 Å². The lowest BCUT2D eigenvalue weighted by Crippen LogP contribution is -2.35. The molecule has 0 atom stereocenters. The maximum Gasteiger partial charge on any atom is 0.338 e. The van der Waals surface area contributed by atoms with Gasteiger partial charge in [0.1, 0.15) is 0 Å². The van der Waals surface area contributed by atoms with Crippen LogP contribution >= 0.6 is 22.9 Å². The van der Waals surface area contributed by atoms with Gasteiger partial charge in [0.05, 0.1) is 22.9 Å². The molecule has 162 valence electrons. The lowest BCUT2D eigenvalue weighted by molar-refractivity contribution is -0.121. The van der Waals surface area contributed by atoms with Crippen LogP contribution in [0.3, 0.4) is 0 Å². The lowest BCUT2D eigenvalue weighted by Gasteiger charge is -2.21. The second-order valence-corrected chi connectivity index (χ2v) is 7.90. The number of thiophene rings is 1. The molecule has 0 aliphatic carbocycles. The number of hydrogen-bond donors (Lipinski definition) is 1. The fourth-order valence-corrected chi connectivity index (χ4v) is 3.59. The summed E-state index contributed by atoms with van der Waals surface area (Å²) >= 11 is 7.32. The van der Waals surface area contributed by atoms with Crippen LogP contribution < -0.4 is 10.2 Å². The Balaban J connectivity index is 1.59. The Labute approximate surface area is 193 Å². The zero-order valence-corrected chi connectivity index (χ0v) is 18.4. The molecular weight excluding hydrogens is 450 g/mol. The molecule has 7 nitrogen and oxygen atoms in total. The molecule has 32 heavy (non-hydrogen) atoms. The van der Waals surface area contributed by atoms with E-state index >= 15 is 0 Å². The highest BCUT2D eigenvalue weighted by molar-refractivity contribution is 7.12. The average molecular weight is 468 g/mol. The van der Waals surface area contributed by atoms with E-state index in [0.717, 1.165) is 0 Å². The summed E-state index contributed by atoms with van der Waals surface area (Å²) in [6.07, 6.45) is 0.116. The van der Waals surface area contributed by atoms with Gasteiger partial charge in [-0.1, -0.05) is 23.7 Å². The van der Waals surface area contributed by atoms with Crippen LogP contribution in [-0.4, -0.2) is 30.9 Å². The van der Waals surface area contributed by atoms with Gasteiger partial charge in [-0.2, -0.15) is 5.26 Å². The molecule has 1 aromatic heterocycles. The summed E-state index contributed by atoms with van der Waals surface area (Å²) in [5, 5.41) is 13.9. The van der Waals surface area contributed by atoms with Crippen LogP contribution in [0.25, 0.3) is 0 Å². The molecule has 0 aliphatic rings. The topological polar surface area (TPSA) is 99.5 Å². The van der Waals surface area contributed by atoms with Crippen molar-refractivity contribution < 1.29 is 19.1 Å². The van der Waals surface area contributed by atoms with Gasteiger partial charge in [0.2, 0.25) is 0 Å². The maximum absolute atomic E-state index is 12.6. The van der Waals surface area contributed by atoms with Gasteiger partial charge in [0.25, 0.3) is 11.8 Å². The van der Waals surface area contributed by atoms with Crippen LogP contribution in [0.4, 0.5) is 11.4 Å². The molecule has 3 rings (SSSR count). The number of nitrogens with one attached hydrogen (secondary N) is 1. The molecule has 2 amide bonds. The summed E-state index contributed by atoms with van der Waals surface area (Å²) in [6, 6.07) is 18.3. The summed E-state index contributed by atoms with van der Waals surface area (Å²) in [7, 11) is 0. The third kappa shape index (κ3) is 6.17. The number of halogens is 1. The van der Waals surface area contributed by atoms with Crippen molar-refractivity contribution in [3.63, 3.8) is 0 Å². The van der Waals surface area contributed by atoms with Crippen LogP contribution in [0.1, 0.15) is 26.5 Å². The van der Waals surface area contributed by atoms with E-state index in [1.54, 1.807) is 48.5 Å². The molecule has 0 fully saturated rings. The van der Waals surface area contributed by atoms with Crippen molar-refractivity contribution in [1.82, 2.24) is 0 Å². The van der Waals surface area contributed by atoms with Gasteiger partial charge in [0.15, 0.2) is 6.61 Å². The number of carbonyl (C=O) groups is 3. The number of rotatable bonds is 8. The van der Waals surface area contributed by atoms with Crippen molar-refractivity contribution >= 4 is 52.1 Å². The minimum atomic E-state index is -0.680. The molecule has 0 unspecified atom stereocenters. The minimum Gasteiger partial charge on any atom is -0.452 e. The number of ether oxygens (including phenoxy) is 1. The first-order valence-electron chi connectivity index (χ1n) is 9.53. The van der Waals surface area contributed by atoms with E-state index in [4.69, 9.17) is 21.6 Å². The molecule has 9 heteroatoms. The van der Waals surface area contributed by atoms with Crippen molar-refractivity contribution in [2.24, 2.45) is 0 Å². The Kier molecular flexibility index (Phi) is 7.97. The summed E-state index contributed by atoms with van der Waals surface area (Å²) in [5.74, 6) is -1.39. The van der Waals surface area contributed by atoms with Crippen LogP contribution in [-0.2, 0) is 9.53 Å². The van der Waals surface area contributed by atoms with Crippen molar-refractivity contribution in [3.05, 3.63) is 81.5 Å². The Morgan fingerprint density at radius 3 is 2.53 bits per heavy atom. The molecule has 0 radical (unpaired) electrons. The standard InChI is InChI=1S/C23H18ClN3O4S/c24-17-4-1-5-19(14-17)27(12-3-11-25)21(28)15-31-23(30)16-7-9-18(10-8-16)26-22(29)20-6-2-13-32-20/h1-2,4-10,13-14H,3,12,15H2,(H,26,29). The number of amides is 2. The molecule has 1 N–H and O–H groups in total. The second-order valence-electron chi connectivity index (χ2n) is 6.52. The number of benzene rings is 2. The summed E-state index contributed by atoms with van der Waals surface area (Å²) < 4.78 is 5.15. The maximum atomic E-state index is 12.6. The largest absolute Gasteiger partial charge is 0.452 e. The van der Waals surface area contributed by atoms with Crippen molar-refractivity contribution in [3.8, 4) is 6.07 Å². The minimum absolute atomic E-state index is 0.116. The average Bonchev–Trinajstić information content (AvgIpc) is 3.33.